The molecule has 0 radical (unpaired) electrons. The van der Waals surface area contributed by atoms with Crippen molar-refractivity contribution in [2.75, 3.05) is 21.1 Å². The van der Waals surface area contributed by atoms with Gasteiger partial charge in [0.1, 0.15) is 0 Å². The van der Waals surface area contributed by atoms with Crippen molar-refractivity contribution in [2.45, 2.75) is 6.42 Å². The van der Waals surface area contributed by atoms with Crippen molar-refractivity contribution >= 4 is 12.3 Å². The Kier molecular flexibility index (Phi) is 3.93. The number of alkyl carbamates (subject to hydrolysis) is 1. The Morgan fingerprint density at radius 1 is 1.69 bits per heavy atom. The molecule has 1 amide bonds. The molecule has 16 heavy (non-hydrogen) atoms. The standard InChI is InChI=1S/C10H16N4O2/c1-12-10(15)16-8-7(6-14(2)3)4-5-13-9(8)11/h5-6H,4,11H2,1-3H3,(H,12,15). The van der Waals surface area contributed by atoms with E-state index in [2.05, 4.69) is 10.3 Å². The minimum absolute atomic E-state index is 0.211. The van der Waals surface area contributed by atoms with Gasteiger partial charge in [0.25, 0.3) is 0 Å². The van der Waals surface area contributed by atoms with E-state index in [0.717, 1.165) is 5.57 Å². The maximum Gasteiger partial charge on any atom is 0.412 e. The Hall–Kier alpha value is -1.98. The number of aliphatic imine (C=N–C) groups is 1. The summed E-state index contributed by atoms with van der Waals surface area (Å²) in [4.78, 5) is 16.9. The van der Waals surface area contributed by atoms with Crippen molar-refractivity contribution in [3.05, 3.63) is 23.4 Å². The van der Waals surface area contributed by atoms with Crippen LogP contribution in [-0.2, 0) is 4.74 Å². The van der Waals surface area contributed by atoms with E-state index < -0.39 is 6.09 Å². The predicted molar refractivity (Wildman–Crippen MR) is 61.6 cm³/mol. The SMILES string of the molecule is CNC(=O)OC1=C(N)N=CCC1=CN(C)C. The zero-order valence-electron chi connectivity index (χ0n) is 9.65. The lowest BCUT2D eigenvalue weighted by molar-refractivity contribution is 0.178. The van der Waals surface area contributed by atoms with Gasteiger partial charge >= 0.3 is 6.09 Å². The number of carbonyl (C=O) groups excluding carboxylic acids is 1. The zero-order chi connectivity index (χ0) is 12.1. The maximum absolute atomic E-state index is 11.1. The number of hydrogen-bond donors (Lipinski definition) is 2. The van der Waals surface area contributed by atoms with E-state index in [1.165, 1.54) is 7.05 Å². The van der Waals surface area contributed by atoms with Crippen LogP contribution < -0.4 is 11.1 Å². The van der Waals surface area contributed by atoms with E-state index in [1.807, 2.05) is 25.2 Å². The molecule has 1 aliphatic heterocycles. The predicted octanol–water partition coefficient (Wildman–Crippen LogP) is 0.390. The van der Waals surface area contributed by atoms with Crippen LogP contribution in [-0.4, -0.2) is 38.4 Å². The number of nitrogens with one attached hydrogen (secondary N) is 1. The fourth-order valence-corrected chi connectivity index (χ4v) is 1.24. The van der Waals surface area contributed by atoms with Gasteiger partial charge in [-0.3, -0.25) is 0 Å². The highest BCUT2D eigenvalue weighted by atomic mass is 16.6. The molecule has 0 saturated carbocycles. The van der Waals surface area contributed by atoms with Crippen LogP contribution in [0.1, 0.15) is 6.42 Å². The summed E-state index contributed by atoms with van der Waals surface area (Å²) in [5, 5.41) is 2.36. The number of hydrogen-bond acceptors (Lipinski definition) is 5. The molecule has 6 nitrogen and oxygen atoms in total. The molecule has 0 fully saturated rings. The minimum Gasteiger partial charge on any atom is -0.406 e. The topological polar surface area (TPSA) is 79.9 Å². The second-order valence-corrected chi connectivity index (χ2v) is 3.49. The van der Waals surface area contributed by atoms with Crippen molar-refractivity contribution in [1.82, 2.24) is 10.2 Å². The third-order valence-electron chi connectivity index (χ3n) is 1.88. The molecule has 6 heteroatoms. The van der Waals surface area contributed by atoms with Gasteiger partial charge in [0.15, 0.2) is 11.6 Å². The second-order valence-electron chi connectivity index (χ2n) is 3.49. The van der Waals surface area contributed by atoms with E-state index in [1.54, 1.807) is 6.21 Å². The number of amides is 1. The summed E-state index contributed by atoms with van der Waals surface area (Å²) in [6.07, 6.45) is 3.56. The molecule has 1 heterocycles. The number of nitrogens with two attached hydrogens (primary N) is 1. The van der Waals surface area contributed by atoms with Crippen LogP contribution in [0.4, 0.5) is 4.79 Å². The first-order valence-electron chi connectivity index (χ1n) is 4.84. The number of ether oxygens (including phenoxy) is 1. The lowest BCUT2D eigenvalue weighted by atomic mass is 10.1. The van der Waals surface area contributed by atoms with E-state index in [9.17, 15) is 4.79 Å². The fourth-order valence-electron chi connectivity index (χ4n) is 1.24. The van der Waals surface area contributed by atoms with Gasteiger partial charge in [0.05, 0.1) is 0 Å². The van der Waals surface area contributed by atoms with E-state index in [0.29, 0.717) is 12.2 Å². The van der Waals surface area contributed by atoms with Crippen LogP contribution in [0.15, 0.2) is 28.3 Å². The molecule has 0 atom stereocenters. The quantitative estimate of drug-likeness (QED) is 0.711. The molecule has 0 aliphatic carbocycles. The largest absolute Gasteiger partial charge is 0.412 e. The highest BCUT2D eigenvalue weighted by Gasteiger charge is 2.17. The summed E-state index contributed by atoms with van der Waals surface area (Å²) in [6, 6.07) is 0. The maximum atomic E-state index is 11.1. The summed E-state index contributed by atoms with van der Waals surface area (Å²) in [6.45, 7) is 0. The Labute approximate surface area is 94.5 Å². The molecule has 0 aromatic heterocycles. The first-order chi connectivity index (χ1) is 7.54. The molecule has 0 bridgehead atoms. The summed E-state index contributed by atoms with van der Waals surface area (Å²) in [7, 11) is 5.25. The van der Waals surface area contributed by atoms with Crippen molar-refractivity contribution in [1.29, 1.82) is 0 Å². The van der Waals surface area contributed by atoms with E-state index >= 15 is 0 Å². The third-order valence-corrected chi connectivity index (χ3v) is 1.88. The normalized spacial score (nSPS) is 17.6. The van der Waals surface area contributed by atoms with Crippen molar-refractivity contribution in [3.63, 3.8) is 0 Å². The summed E-state index contributed by atoms with van der Waals surface area (Å²) in [5.41, 5.74) is 6.49. The van der Waals surface area contributed by atoms with Crippen LogP contribution in [0.3, 0.4) is 0 Å². The molecule has 0 saturated heterocycles. The smallest absolute Gasteiger partial charge is 0.406 e. The van der Waals surface area contributed by atoms with E-state index in [4.69, 9.17) is 10.5 Å². The van der Waals surface area contributed by atoms with Crippen molar-refractivity contribution < 1.29 is 9.53 Å². The van der Waals surface area contributed by atoms with Crippen LogP contribution in [0.2, 0.25) is 0 Å². The van der Waals surface area contributed by atoms with Gasteiger partial charge in [-0.15, -0.1) is 0 Å². The first kappa shape index (κ1) is 12.1. The van der Waals surface area contributed by atoms with Gasteiger partial charge in [0, 0.05) is 45.6 Å². The van der Waals surface area contributed by atoms with Crippen LogP contribution in [0.25, 0.3) is 0 Å². The highest BCUT2D eigenvalue weighted by Crippen LogP contribution is 2.21. The fraction of sp³-hybridized carbons (Fsp3) is 0.400. The van der Waals surface area contributed by atoms with Gasteiger partial charge < -0.3 is 20.7 Å². The van der Waals surface area contributed by atoms with Gasteiger partial charge in [-0.2, -0.15) is 0 Å². The van der Waals surface area contributed by atoms with Crippen molar-refractivity contribution in [2.24, 2.45) is 10.7 Å². The summed E-state index contributed by atoms with van der Waals surface area (Å²) >= 11 is 0. The van der Waals surface area contributed by atoms with Crippen LogP contribution >= 0.6 is 0 Å². The summed E-state index contributed by atoms with van der Waals surface area (Å²) in [5.74, 6) is 0.526. The van der Waals surface area contributed by atoms with Gasteiger partial charge in [0.2, 0.25) is 0 Å². The van der Waals surface area contributed by atoms with Crippen LogP contribution in [0, 0.1) is 0 Å². The molecule has 1 aliphatic rings. The van der Waals surface area contributed by atoms with E-state index in [-0.39, 0.29) is 5.82 Å². The minimum atomic E-state index is -0.556. The Bertz CT molecular complexity index is 369. The first-order valence-corrected chi connectivity index (χ1v) is 4.84. The molecule has 0 aromatic rings. The lowest BCUT2D eigenvalue weighted by Gasteiger charge is -2.17. The third kappa shape index (κ3) is 3.01. The second kappa shape index (κ2) is 5.20. The molecule has 1 rings (SSSR count). The number of nitrogens with zero attached hydrogens (tertiary/aromatic N) is 2. The molecule has 3 N–H and O–H groups in total. The molecular formula is C10H16N4O2. The van der Waals surface area contributed by atoms with Crippen LogP contribution in [0.5, 0.6) is 0 Å². The lowest BCUT2D eigenvalue weighted by Crippen LogP contribution is -2.23. The number of carbonyl (C=O) groups is 1. The average Bonchev–Trinajstić information content (AvgIpc) is 2.22. The highest BCUT2D eigenvalue weighted by molar-refractivity contribution is 5.72. The molecule has 0 unspecified atom stereocenters. The Balaban J connectivity index is 2.96. The molecule has 88 valence electrons. The number of allylic oxidation sites excluding steroid dienone is 1. The Morgan fingerprint density at radius 3 is 2.94 bits per heavy atom. The van der Waals surface area contributed by atoms with Crippen molar-refractivity contribution in [3.8, 4) is 0 Å². The zero-order valence-corrected chi connectivity index (χ0v) is 9.65. The summed E-state index contributed by atoms with van der Waals surface area (Å²) < 4.78 is 5.06. The van der Waals surface area contributed by atoms with Gasteiger partial charge in [-0.1, -0.05) is 0 Å². The van der Waals surface area contributed by atoms with Gasteiger partial charge in [-0.05, 0) is 0 Å². The monoisotopic (exact) mass is 224 g/mol. The number of rotatable bonds is 2. The molecule has 0 aromatic carbocycles. The molecule has 0 spiro atoms. The molecular weight excluding hydrogens is 208 g/mol. The Morgan fingerprint density at radius 2 is 2.38 bits per heavy atom. The average molecular weight is 224 g/mol. The van der Waals surface area contributed by atoms with Gasteiger partial charge in [-0.25, -0.2) is 9.79 Å².